The molecular formula is C20H23F4N5O2. The Morgan fingerprint density at radius 3 is 2.10 bits per heavy atom. The van der Waals surface area contributed by atoms with Gasteiger partial charge in [0.2, 0.25) is 11.8 Å². The number of halogens is 4. The zero-order valence-electron chi connectivity index (χ0n) is 16.7. The number of rotatable bonds is 9. The highest BCUT2D eigenvalue weighted by molar-refractivity contribution is 5.97. The maximum Gasteiger partial charge on any atom is 0.252 e. The van der Waals surface area contributed by atoms with E-state index in [1.165, 1.54) is 31.2 Å². The quantitative estimate of drug-likeness (QED) is 0.270. The van der Waals surface area contributed by atoms with Gasteiger partial charge in [-0.1, -0.05) is 12.1 Å². The zero-order chi connectivity index (χ0) is 23.1. The predicted octanol–water partition coefficient (Wildman–Crippen LogP) is 2.20. The third-order valence-corrected chi connectivity index (χ3v) is 4.43. The molecule has 1 aromatic heterocycles. The molecule has 2 atom stereocenters. The molecule has 0 radical (unpaired) electrons. The fraction of sp³-hybridized carbons (Fsp3) is 0.350. The van der Waals surface area contributed by atoms with Crippen molar-refractivity contribution in [1.82, 2.24) is 10.3 Å². The first-order valence-electron chi connectivity index (χ1n) is 9.53. The van der Waals surface area contributed by atoms with E-state index >= 15 is 0 Å². The number of aromatic nitrogens is 1. The Morgan fingerprint density at radius 1 is 1.00 bits per heavy atom. The van der Waals surface area contributed by atoms with Crippen LogP contribution in [0.4, 0.5) is 23.2 Å². The van der Waals surface area contributed by atoms with Gasteiger partial charge in [0.25, 0.3) is 11.9 Å². The van der Waals surface area contributed by atoms with Crippen LogP contribution in [0.5, 0.6) is 0 Å². The first-order chi connectivity index (χ1) is 14.6. The number of nitrogens with one attached hydrogen (secondary N) is 2. The van der Waals surface area contributed by atoms with Gasteiger partial charge in [0.1, 0.15) is 6.04 Å². The number of unbranched alkanes of at least 4 members (excludes halogenated alkanes) is 1. The van der Waals surface area contributed by atoms with E-state index in [2.05, 4.69) is 15.6 Å². The lowest BCUT2D eigenvalue weighted by molar-refractivity contribution is -0.127. The molecule has 0 spiro atoms. The maximum absolute atomic E-state index is 13.9. The first-order valence-corrected chi connectivity index (χ1v) is 9.53. The number of benzene rings is 1. The minimum Gasteiger partial charge on any atom is -0.343 e. The molecule has 7 nitrogen and oxygen atoms in total. The molecule has 2 aromatic rings. The summed E-state index contributed by atoms with van der Waals surface area (Å²) < 4.78 is 54.5. The van der Waals surface area contributed by atoms with Crippen molar-refractivity contribution < 1.29 is 27.2 Å². The van der Waals surface area contributed by atoms with Crippen LogP contribution in [0.2, 0.25) is 0 Å². The van der Waals surface area contributed by atoms with Crippen molar-refractivity contribution in [2.75, 3.05) is 11.9 Å². The van der Waals surface area contributed by atoms with Gasteiger partial charge in [-0.05, 0) is 50.4 Å². The molecule has 168 valence electrons. The number of carbonyl (C=O) groups is 2. The summed E-state index contributed by atoms with van der Waals surface area (Å²) in [5.74, 6) is -7.83. The molecule has 31 heavy (non-hydrogen) atoms. The second kappa shape index (κ2) is 10.8. The van der Waals surface area contributed by atoms with Crippen LogP contribution in [0.1, 0.15) is 26.2 Å². The SMILES string of the molecule is C[C@H](N)C(=O)N[C@@H](CCCCN)C(=O)Nc1ccc(-c2c(F)c(F)nc(F)c2F)cc1. The molecular weight excluding hydrogens is 418 g/mol. The van der Waals surface area contributed by atoms with Gasteiger partial charge in [-0.25, -0.2) is 8.78 Å². The van der Waals surface area contributed by atoms with E-state index in [4.69, 9.17) is 11.5 Å². The van der Waals surface area contributed by atoms with Crippen molar-refractivity contribution >= 4 is 17.5 Å². The molecule has 0 saturated carbocycles. The van der Waals surface area contributed by atoms with E-state index in [0.717, 1.165) is 0 Å². The monoisotopic (exact) mass is 441 g/mol. The summed E-state index contributed by atoms with van der Waals surface area (Å²) in [4.78, 5) is 27.0. The number of anilines is 1. The summed E-state index contributed by atoms with van der Waals surface area (Å²) in [6.45, 7) is 1.91. The topological polar surface area (TPSA) is 123 Å². The van der Waals surface area contributed by atoms with Gasteiger partial charge in [0, 0.05) is 5.69 Å². The van der Waals surface area contributed by atoms with Gasteiger partial charge in [0.15, 0.2) is 11.6 Å². The number of hydrogen-bond acceptors (Lipinski definition) is 5. The number of hydrogen-bond donors (Lipinski definition) is 4. The summed E-state index contributed by atoms with van der Waals surface area (Å²) in [7, 11) is 0. The molecule has 0 fully saturated rings. The summed E-state index contributed by atoms with van der Waals surface area (Å²) in [5, 5.41) is 5.12. The number of nitrogens with zero attached hydrogens (tertiary/aromatic N) is 1. The molecule has 1 aromatic carbocycles. The Kier molecular flexibility index (Phi) is 8.46. The minimum atomic E-state index is -1.77. The molecule has 0 aliphatic heterocycles. The summed E-state index contributed by atoms with van der Waals surface area (Å²) in [5.41, 5.74) is 10.2. The lowest BCUT2D eigenvalue weighted by Gasteiger charge is -2.19. The van der Waals surface area contributed by atoms with Crippen molar-refractivity contribution in [1.29, 1.82) is 0 Å². The second-order valence-electron chi connectivity index (χ2n) is 6.90. The summed E-state index contributed by atoms with van der Waals surface area (Å²) in [6.07, 6.45) is 1.57. The van der Waals surface area contributed by atoms with Gasteiger partial charge in [-0.3, -0.25) is 9.59 Å². The molecule has 2 amide bonds. The molecule has 0 aliphatic carbocycles. The highest BCUT2D eigenvalue weighted by atomic mass is 19.2. The normalized spacial score (nSPS) is 12.9. The van der Waals surface area contributed by atoms with Gasteiger partial charge in [-0.15, -0.1) is 0 Å². The Bertz CT molecular complexity index is 912. The standard InChI is InChI=1S/C20H23F4N5O2/c1-10(26)19(30)28-13(4-2-3-9-25)20(31)27-12-7-5-11(6-8-12)14-15(21)17(23)29-18(24)16(14)22/h5-8,10,13H,2-4,9,25-26H2,1H3,(H,27,31)(H,28,30)/t10-,13-/m0/s1. The molecule has 1 heterocycles. The Morgan fingerprint density at radius 2 is 1.58 bits per heavy atom. The Hall–Kier alpha value is -3.05. The fourth-order valence-corrected chi connectivity index (χ4v) is 2.75. The third kappa shape index (κ3) is 6.22. The van der Waals surface area contributed by atoms with E-state index in [0.29, 0.717) is 25.8 Å². The molecule has 6 N–H and O–H groups in total. The molecule has 0 bridgehead atoms. The van der Waals surface area contributed by atoms with Crippen molar-refractivity contribution in [2.24, 2.45) is 11.5 Å². The predicted molar refractivity (Wildman–Crippen MR) is 107 cm³/mol. The number of nitrogens with two attached hydrogens (primary N) is 2. The molecule has 0 saturated heterocycles. The van der Waals surface area contributed by atoms with E-state index < -0.39 is 53.0 Å². The third-order valence-electron chi connectivity index (χ3n) is 4.43. The minimum absolute atomic E-state index is 0.155. The van der Waals surface area contributed by atoms with Gasteiger partial charge >= 0.3 is 0 Å². The average Bonchev–Trinajstić information content (AvgIpc) is 2.72. The van der Waals surface area contributed by atoms with E-state index in [1.54, 1.807) is 0 Å². The zero-order valence-corrected chi connectivity index (χ0v) is 16.7. The van der Waals surface area contributed by atoms with Crippen molar-refractivity contribution in [3.05, 3.63) is 47.8 Å². The van der Waals surface area contributed by atoms with E-state index in [9.17, 15) is 27.2 Å². The second-order valence-corrected chi connectivity index (χ2v) is 6.90. The largest absolute Gasteiger partial charge is 0.343 e. The van der Waals surface area contributed by atoms with Gasteiger partial charge in [0.05, 0.1) is 11.6 Å². The van der Waals surface area contributed by atoms with Crippen molar-refractivity contribution in [2.45, 2.75) is 38.3 Å². The van der Waals surface area contributed by atoms with Crippen LogP contribution in [-0.2, 0) is 9.59 Å². The van der Waals surface area contributed by atoms with Crippen LogP contribution in [0.25, 0.3) is 11.1 Å². The molecule has 0 unspecified atom stereocenters. The highest BCUT2D eigenvalue weighted by Crippen LogP contribution is 2.29. The van der Waals surface area contributed by atoms with Gasteiger partial charge in [-0.2, -0.15) is 13.8 Å². The van der Waals surface area contributed by atoms with Crippen LogP contribution >= 0.6 is 0 Å². The number of amides is 2. The van der Waals surface area contributed by atoms with Gasteiger partial charge < -0.3 is 22.1 Å². The van der Waals surface area contributed by atoms with Crippen LogP contribution in [0.3, 0.4) is 0 Å². The maximum atomic E-state index is 13.9. The van der Waals surface area contributed by atoms with Crippen molar-refractivity contribution in [3.8, 4) is 11.1 Å². The lowest BCUT2D eigenvalue weighted by atomic mass is 10.0. The number of carbonyl (C=O) groups excluding carboxylic acids is 2. The molecule has 2 rings (SSSR count). The lowest BCUT2D eigenvalue weighted by Crippen LogP contribution is -2.49. The average molecular weight is 441 g/mol. The molecule has 11 heteroatoms. The van der Waals surface area contributed by atoms with Crippen LogP contribution in [-0.4, -0.2) is 35.4 Å². The van der Waals surface area contributed by atoms with Crippen LogP contribution < -0.4 is 22.1 Å². The first kappa shape index (κ1) is 24.2. The van der Waals surface area contributed by atoms with Crippen LogP contribution in [0.15, 0.2) is 24.3 Å². The van der Waals surface area contributed by atoms with Crippen molar-refractivity contribution in [3.63, 3.8) is 0 Å². The van der Waals surface area contributed by atoms with Crippen LogP contribution in [0, 0.1) is 23.5 Å². The fourth-order valence-electron chi connectivity index (χ4n) is 2.75. The number of pyridine rings is 1. The smallest absolute Gasteiger partial charge is 0.252 e. The highest BCUT2D eigenvalue weighted by Gasteiger charge is 2.23. The van der Waals surface area contributed by atoms with E-state index in [-0.39, 0.29) is 11.3 Å². The van der Waals surface area contributed by atoms with E-state index in [1.807, 2.05) is 0 Å². The Labute approximate surface area is 176 Å². The molecule has 0 aliphatic rings. The summed E-state index contributed by atoms with van der Waals surface area (Å²) in [6, 6.07) is 3.28. The summed E-state index contributed by atoms with van der Waals surface area (Å²) >= 11 is 0. The Balaban J connectivity index is 2.18.